The van der Waals surface area contributed by atoms with Crippen molar-refractivity contribution in [1.29, 1.82) is 0 Å². The van der Waals surface area contributed by atoms with Crippen molar-refractivity contribution >= 4 is 11.9 Å². The van der Waals surface area contributed by atoms with E-state index in [2.05, 4.69) is 31.3 Å². The number of unbranched alkanes of at least 4 members (excludes halogenated alkanes) is 53. The topological polar surface area (TPSA) is 95.9 Å². The molecule has 0 heterocycles. The molecule has 456 valence electrons. The molecule has 77 heavy (non-hydrogen) atoms. The molecule has 0 radical (unpaired) electrons. The van der Waals surface area contributed by atoms with Gasteiger partial charge in [-0.15, -0.1) is 0 Å². The predicted molar refractivity (Wildman–Crippen MR) is 338 cm³/mol. The normalized spacial score (nSPS) is 12.6. The highest BCUT2D eigenvalue weighted by molar-refractivity contribution is 5.76. The minimum absolute atomic E-state index is 0.00272. The average Bonchev–Trinajstić information content (AvgIpc) is 3.43. The number of nitrogens with one attached hydrogen (secondary N) is 1. The van der Waals surface area contributed by atoms with E-state index in [1.54, 1.807) is 6.08 Å². The summed E-state index contributed by atoms with van der Waals surface area (Å²) in [4.78, 5) is 24.6. The quantitative estimate of drug-likeness (QED) is 0.0320. The Bertz CT molecular complexity index is 1200. The Morgan fingerprint density at radius 3 is 0.922 bits per heavy atom. The van der Waals surface area contributed by atoms with E-state index in [0.717, 1.165) is 44.9 Å². The number of hydrogen-bond donors (Lipinski definition) is 3. The second-order valence-electron chi connectivity index (χ2n) is 24.2. The number of ether oxygens (including phenoxy) is 1. The van der Waals surface area contributed by atoms with Gasteiger partial charge < -0.3 is 20.3 Å². The number of aliphatic hydroxyl groups excluding tert-OH is 2. The summed E-state index contributed by atoms with van der Waals surface area (Å²) >= 11 is 0. The lowest BCUT2D eigenvalue weighted by molar-refractivity contribution is -0.143. The van der Waals surface area contributed by atoms with Gasteiger partial charge in [0.25, 0.3) is 0 Å². The molecule has 0 rings (SSSR count). The van der Waals surface area contributed by atoms with Crippen LogP contribution in [-0.2, 0) is 14.3 Å². The largest absolute Gasteiger partial charge is 0.466 e. The summed E-state index contributed by atoms with van der Waals surface area (Å²) in [5, 5.41) is 23.3. The first-order valence-corrected chi connectivity index (χ1v) is 35.1. The summed E-state index contributed by atoms with van der Waals surface area (Å²) in [6.45, 7) is 4.93. The molecular weight excluding hydrogens is 947 g/mol. The van der Waals surface area contributed by atoms with Crippen LogP contribution in [0.1, 0.15) is 393 Å². The number of carbonyl (C=O) groups is 2. The van der Waals surface area contributed by atoms with Gasteiger partial charge in [0.2, 0.25) is 5.91 Å². The summed E-state index contributed by atoms with van der Waals surface area (Å²) in [5.74, 6) is -0.0661. The zero-order valence-corrected chi connectivity index (χ0v) is 52.2. The highest BCUT2D eigenvalue weighted by Crippen LogP contribution is 2.19. The number of hydrogen-bond acceptors (Lipinski definition) is 5. The minimum atomic E-state index is -0.850. The van der Waals surface area contributed by atoms with E-state index in [0.29, 0.717) is 19.4 Å². The number of carbonyl (C=O) groups excluding carboxylic acids is 2. The van der Waals surface area contributed by atoms with Crippen LogP contribution in [-0.4, -0.2) is 47.4 Å². The summed E-state index contributed by atoms with van der Waals surface area (Å²) in [5.41, 5.74) is 0. The van der Waals surface area contributed by atoms with Crippen LogP contribution < -0.4 is 5.32 Å². The van der Waals surface area contributed by atoms with Gasteiger partial charge in [0.15, 0.2) is 0 Å². The Balaban J connectivity index is 3.43. The molecule has 6 heteroatoms. The van der Waals surface area contributed by atoms with Crippen molar-refractivity contribution in [3.63, 3.8) is 0 Å². The smallest absolute Gasteiger partial charge is 0.305 e. The van der Waals surface area contributed by atoms with Crippen molar-refractivity contribution in [1.82, 2.24) is 5.32 Å². The van der Waals surface area contributed by atoms with Gasteiger partial charge in [-0.05, 0) is 57.8 Å². The van der Waals surface area contributed by atoms with Gasteiger partial charge in [0, 0.05) is 12.8 Å². The summed E-state index contributed by atoms with van der Waals surface area (Å²) < 4.78 is 5.50. The molecule has 1 amide bonds. The van der Waals surface area contributed by atoms with Crippen molar-refractivity contribution in [2.75, 3.05) is 13.2 Å². The van der Waals surface area contributed by atoms with Crippen LogP contribution in [0.3, 0.4) is 0 Å². The van der Waals surface area contributed by atoms with Gasteiger partial charge in [-0.25, -0.2) is 0 Å². The van der Waals surface area contributed by atoms with Crippen LogP contribution in [0.4, 0.5) is 0 Å². The Kier molecular flexibility index (Phi) is 65.4. The fourth-order valence-corrected chi connectivity index (χ4v) is 11.1. The van der Waals surface area contributed by atoms with Gasteiger partial charge in [-0.1, -0.05) is 346 Å². The van der Waals surface area contributed by atoms with E-state index in [9.17, 15) is 19.8 Å². The molecule has 0 aliphatic rings. The molecule has 0 aromatic carbocycles. The number of rotatable bonds is 66. The fraction of sp³-hybridized carbons (Fsp3) is 0.915. The average molecular weight is 1080 g/mol. The Labute approximate surface area is 481 Å². The molecule has 0 saturated heterocycles. The number of allylic oxidation sites excluding steroid dienone is 3. The summed E-state index contributed by atoms with van der Waals surface area (Å²) in [6, 6.07) is -0.634. The molecule has 0 aliphatic heterocycles. The molecule has 6 nitrogen and oxygen atoms in total. The van der Waals surface area contributed by atoms with Crippen molar-refractivity contribution in [3.05, 3.63) is 24.3 Å². The molecule has 0 aromatic heterocycles. The first kappa shape index (κ1) is 75.3. The lowest BCUT2D eigenvalue weighted by Gasteiger charge is -2.20. The Morgan fingerprint density at radius 2 is 0.610 bits per heavy atom. The third kappa shape index (κ3) is 63.4. The van der Waals surface area contributed by atoms with Crippen LogP contribution >= 0.6 is 0 Å². The van der Waals surface area contributed by atoms with E-state index in [1.807, 2.05) is 6.08 Å². The van der Waals surface area contributed by atoms with Crippen molar-refractivity contribution in [2.45, 2.75) is 405 Å². The third-order valence-corrected chi connectivity index (χ3v) is 16.5. The van der Waals surface area contributed by atoms with Gasteiger partial charge in [-0.3, -0.25) is 9.59 Å². The standard InChI is InChI=1S/C71H137NO5/c1-3-5-7-9-11-13-15-17-19-21-23-24-25-26-27-28-29-31-35-39-43-47-51-55-59-63-69(74)68(67-73)72-70(75)64-60-56-52-48-44-40-36-32-30-34-38-42-46-50-54-58-62-66-77-71(76)65-61-57-53-49-45-41-37-33-22-20-18-16-14-12-10-8-6-4-2/h20,22,59,63,68-69,73-74H,3-19,21,23-58,60-62,64-67H2,1-2H3,(H,72,75)/b22-20-,63-59+. The molecule has 2 atom stereocenters. The monoisotopic (exact) mass is 1080 g/mol. The summed E-state index contributed by atoms with van der Waals surface area (Å²) in [7, 11) is 0. The molecule has 3 N–H and O–H groups in total. The first-order chi connectivity index (χ1) is 38.0. The zero-order valence-electron chi connectivity index (χ0n) is 52.2. The Morgan fingerprint density at radius 1 is 0.351 bits per heavy atom. The van der Waals surface area contributed by atoms with E-state index >= 15 is 0 Å². The maximum atomic E-state index is 12.5. The highest BCUT2D eigenvalue weighted by atomic mass is 16.5. The first-order valence-electron chi connectivity index (χ1n) is 35.1. The van der Waals surface area contributed by atoms with Gasteiger partial charge in [0.05, 0.1) is 25.4 Å². The molecule has 0 spiro atoms. The third-order valence-electron chi connectivity index (χ3n) is 16.5. The zero-order chi connectivity index (χ0) is 55.7. The van der Waals surface area contributed by atoms with E-state index in [1.165, 1.54) is 321 Å². The molecular formula is C71H137NO5. The second-order valence-corrected chi connectivity index (χ2v) is 24.2. The molecule has 0 bridgehead atoms. The van der Waals surface area contributed by atoms with Gasteiger partial charge >= 0.3 is 5.97 Å². The lowest BCUT2D eigenvalue weighted by atomic mass is 10.0. The molecule has 0 fully saturated rings. The van der Waals surface area contributed by atoms with E-state index in [-0.39, 0.29) is 18.5 Å². The van der Waals surface area contributed by atoms with Crippen LogP contribution in [0.2, 0.25) is 0 Å². The minimum Gasteiger partial charge on any atom is -0.466 e. The molecule has 0 aliphatic carbocycles. The van der Waals surface area contributed by atoms with Crippen molar-refractivity contribution < 1.29 is 24.5 Å². The SMILES string of the molecule is CCCCCCCCC/C=C\CCCCCCCCCC(=O)OCCCCCCCCCCCCCCCCCCCC(=O)NC(CO)C(O)/C=C/CCCCCCCCCCCCCCCCCCCCCCCCC. The Hall–Kier alpha value is -1.66. The van der Waals surface area contributed by atoms with Crippen LogP contribution in [0, 0.1) is 0 Å². The van der Waals surface area contributed by atoms with E-state index < -0.39 is 12.1 Å². The maximum Gasteiger partial charge on any atom is 0.305 e. The van der Waals surface area contributed by atoms with Crippen molar-refractivity contribution in [3.8, 4) is 0 Å². The van der Waals surface area contributed by atoms with Crippen LogP contribution in [0.5, 0.6) is 0 Å². The van der Waals surface area contributed by atoms with Crippen LogP contribution in [0.15, 0.2) is 24.3 Å². The summed E-state index contributed by atoms with van der Waals surface area (Å²) in [6.07, 6.45) is 83.9. The number of amides is 1. The fourth-order valence-electron chi connectivity index (χ4n) is 11.1. The number of aliphatic hydroxyl groups is 2. The predicted octanol–water partition coefficient (Wildman–Crippen LogP) is 22.5. The maximum absolute atomic E-state index is 12.5. The molecule has 0 aromatic rings. The highest BCUT2D eigenvalue weighted by Gasteiger charge is 2.18. The van der Waals surface area contributed by atoms with E-state index in [4.69, 9.17) is 4.74 Å². The lowest BCUT2D eigenvalue weighted by Crippen LogP contribution is -2.45. The van der Waals surface area contributed by atoms with Gasteiger partial charge in [-0.2, -0.15) is 0 Å². The van der Waals surface area contributed by atoms with Crippen molar-refractivity contribution in [2.24, 2.45) is 0 Å². The van der Waals surface area contributed by atoms with Gasteiger partial charge in [0.1, 0.15) is 0 Å². The molecule has 2 unspecified atom stereocenters. The van der Waals surface area contributed by atoms with Crippen LogP contribution in [0.25, 0.3) is 0 Å². The second kappa shape index (κ2) is 66.8. The number of esters is 1. The molecule has 0 saturated carbocycles.